The number of hydrogen-bond acceptors (Lipinski definition) is 5. The number of halogens is 2. The number of carbonyl (C=O) groups is 3. The van der Waals surface area contributed by atoms with Crippen molar-refractivity contribution in [3.63, 3.8) is 0 Å². The fourth-order valence-electron chi connectivity index (χ4n) is 4.62. The fraction of sp³-hybridized carbons (Fsp3) is 0.571. The summed E-state index contributed by atoms with van der Waals surface area (Å²) in [7, 11) is 0. The second-order valence-electron chi connectivity index (χ2n) is 8.24. The van der Waals surface area contributed by atoms with Gasteiger partial charge in [-0.15, -0.1) is 0 Å². The van der Waals surface area contributed by atoms with Gasteiger partial charge in [0.25, 0.3) is 0 Å². The first kappa shape index (κ1) is 19.9. The van der Waals surface area contributed by atoms with Gasteiger partial charge in [0.1, 0.15) is 17.9 Å². The van der Waals surface area contributed by atoms with Crippen molar-refractivity contribution in [3.8, 4) is 0 Å². The Labute approximate surface area is 167 Å². The van der Waals surface area contributed by atoms with Gasteiger partial charge in [0.2, 0.25) is 11.8 Å². The van der Waals surface area contributed by atoms with Gasteiger partial charge >= 0.3 is 0 Å². The Morgan fingerprint density at radius 3 is 2.34 bits per heavy atom. The molecule has 1 aromatic rings. The van der Waals surface area contributed by atoms with Crippen LogP contribution >= 0.6 is 0 Å². The number of rotatable bonds is 3. The van der Waals surface area contributed by atoms with Crippen LogP contribution in [0.15, 0.2) is 12.1 Å². The van der Waals surface area contributed by atoms with E-state index >= 15 is 0 Å². The number of nitrogens with zero attached hydrogens (tertiary/aromatic N) is 1. The first-order valence-corrected chi connectivity index (χ1v) is 10.1. The van der Waals surface area contributed by atoms with E-state index in [-0.39, 0.29) is 29.9 Å². The van der Waals surface area contributed by atoms with Gasteiger partial charge in [-0.1, -0.05) is 0 Å². The highest BCUT2D eigenvalue weighted by Gasteiger charge is 2.40. The van der Waals surface area contributed by atoms with Gasteiger partial charge in [-0.2, -0.15) is 0 Å². The van der Waals surface area contributed by atoms with E-state index in [1.54, 1.807) is 0 Å². The number of ether oxygens (including phenoxy) is 1. The van der Waals surface area contributed by atoms with Crippen LogP contribution in [0, 0.1) is 17.6 Å². The predicted octanol–water partition coefficient (Wildman–Crippen LogP) is 2.45. The molecule has 0 saturated carbocycles. The highest BCUT2D eigenvalue weighted by molar-refractivity contribution is 6.01. The largest absolute Gasteiger partial charge is 0.374 e. The molecule has 1 aromatic carbocycles. The summed E-state index contributed by atoms with van der Waals surface area (Å²) in [6.07, 6.45) is 4.21. The first-order chi connectivity index (χ1) is 13.9. The maximum Gasteiger partial charge on any atom is 0.234 e. The summed E-state index contributed by atoms with van der Waals surface area (Å²) in [6, 6.07) is 2.54. The zero-order chi connectivity index (χ0) is 20.6. The minimum absolute atomic E-state index is 0.0401. The first-order valence-electron chi connectivity index (χ1n) is 10.1. The van der Waals surface area contributed by atoms with E-state index in [4.69, 9.17) is 4.74 Å². The molecule has 29 heavy (non-hydrogen) atoms. The molecule has 3 aliphatic rings. The third-order valence-corrected chi connectivity index (χ3v) is 6.46. The average Bonchev–Trinajstić information content (AvgIpc) is 2.70. The number of carbonyl (C=O) groups excluding carboxylic acids is 3. The Morgan fingerprint density at radius 2 is 1.79 bits per heavy atom. The van der Waals surface area contributed by atoms with Crippen LogP contribution in [0.3, 0.4) is 0 Å². The Balaban J connectivity index is 1.46. The summed E-state index contributed by atoms with van der Waals surface area (Å²) in [4.78, 5) is 36.1. The van der Waals surface area contributed by atoms with Crippen LogP contribution < -0.4 is 10.2 Å². The van der Waals surface area contributed by atoms with Gasteiger partial charge in [0, 0.05) is 36.7 Å². The molecule has 1 N–H and O–H groups in total. The molecule has 2 atom stereocenters. The number of benzene rings is 1. The summed E-state index contributed by atoms with van der Waals surface area (Å²) < 4.78 is 35.5. The molecule has 156 valence electrons. The summed E-state index contributed by atoms with van der Waals surface area (Å²) in [5.41, 5.74) is -0.0880. The van der Waals surface area contributed by atoms with Gasteiger partial charge < -0.3 is 14.4 Å². The van der Waals surface area contributed by atoms with E-state index in [1.165, 1.54) is 12.1 Å². The van der Waals surface area contributed by atoms with Crippen molar-refractivity contribution in [2.24, 2.45) is 5.92 Å². The Kier molecular flexibility index (Phi) is 5.38. The normalized spacial score (nSPS) is 27.0. The topological polar surface area (TPSA) is 75.7 Å². The molecule has 3 aliphatic heterocycles. The molecule has 3 fully saturated rings. The standard InChI is InChI=1S/C21H24F2N2O4/c22-16-9-14(10-17(23)19(16)15-1-2-18(27)24-20(15)28)25-7-5-21(6-8-25)4-3-13(11-26)12-29-21/h9-11,13,15H,1-8,12H2,(H,24,27,28). The lowest BCUT2D eigenvalue weighted by Crippen LogP contribution is -2.49. The van der Waals surface area contributed by atoms with Crippen LogP contribution in [0.4, 0.5) is 14.5 Å². The SMILES string of the molecule is O=CC1CCC2(CCN(c3cc(F)c(C4CCC(=O)NC4=O)c(F)c3)CC2)OC1. The second kappa shape index (κ2) is 7.82. The molecule has 2 amide bonds. The summed E-state index contributed by atoms with van der Waals surface area (Å²) in [6.45, 7) is 1.64. The molecule has 3 saturated heterocycles. The molecule has 0 radical (unpaired) electrons. The van der Waals surface area contributed by atoms with Crippen molar-refractivity contribution < 1.29 is 27.9 Å². The monoisotopic (exact) mass is 406 g/mol. The van der Waals surface area contributed by atoms with Crippen LogP contribution in [-0.4, -0.2) is 43.4 Å². The molecule has 0 bridgehead atoms. The molecular weight excluding hydrogens is 382 g/mol. The zero-order valence-electron chi connectivity index (χ0n) is 16.1. The van der Waals surface area contributed by atoms with Gasteiger partial charge in [0.05, 0.1) is 18.1 Å². The van der Waals surface area contributed by atoms with E-state index in [0.29, 0.717) is 25.4 Å². The summed E-state index contributed by atoms with van der Waals surface area (Å²) in [5, 5.41) is 2.14. The lowest BCUT2D eigenvalue weighted by atomic mass is 9.82. The Bertz CT molecular complexity index is 803. The van der Waals surface area contributed by atoms with Crippen molar-refractivity contribution in [2.45, 2.75) is 50.0 Å². The van der Waals surface area contributed by atoms with E-state index in [2.05, 4.69) is 5.32 Å². The smallest absolute Gasteiger partial charge is 0.234 e. The number of anilines is 1. The highest BCUT2D eigenvalue weighted by Crippen LogP contribution is 2.38. The highest BCUT2D eigenvalue weighted by atomic mass is 19.1. The minimum Gasteiger partial charge on any atom is -0.374 e. The quantitative estimate of drug-likeness (QED) is 0.617. The van der Waals surface area contributed by atoms with E-state index in [1.807, 2.05) is 4.90 Å². The Hall–Kier alpha value is -2.35. The molecule has 0 aromatic heterocycles. The van der Waals surface area contributed by atoms with E-state index in [9.17, 15) is 23.2 Å². The van der Waals surface area contributed by atoms with Crippen molar-refractivity contribution >= 4 is 23.8 Å². The van der Waals surface area contributed by atoms with Crippen molar-refractivity contribution in [3.05, 3.63) is 29.3 Å². The lowest BCUT2D eigenvalue weighted by molar-refractivity contribution is -0.134. The molecule has 2 unspecified atom stereocenters. The molecule has 0 aliphatic carbocycles. The number of nitrogens with one attached hydrogen (secondary N) is 1. The average molecular weight is 406 g/mol. The molecule has 3 heterocycles. The Morgan fingerprint density at radius 1 is 1.10 bits per heavy atom. The summed E-state index contributed by atoms with van der Waals surface area (Å²) >= 11 is 0. The van der Waals surface area contributed by atoms with Gasteiger partial charge in [0.15, 0.2) is 0 Å². The maximum absolute atomic E-state index is 14.8. The number of piperidine rings is 2. The maximum atomic E-state index is 14.8. The summed E-state index contributed by atoms with van der Waals surface area (Å²) in [5.74, 6) is -3.64. The lowest BCUT2D eigenvalue weighted by Gasteiger charge is -2.45. The number of hydrogen-bond donors (Lipinski definition) is 1. The van der Waals surface area contributed by atoms with Crippen LogP contribution in [0.2, 0.25) is 0 Å². The van der Waals surface area contributed by atoms with E-state index < -0.39 is 29.4 Å². The minimum atomic E-state index is -0.993. The number of imide groups is 1. The van der Waals surface area contributed by atoms with Gasteiger partial charge in [-0.05, 0) is 44.2 Å². The third-order valence-electron chi connectivity index (χ3n) is 6.46. The van der Waals surface area contributed by atoms with Crippen LogP contribution in [-0.2, 0) is 19.1 Å². The van der Waals surface area contributed by atoms with Gasteiger partial charge in [-0.3, -0.25) is 14.9 Å². The van der Waals surface area contributed by atoms with Crippen LogP contribution in [0.1, 0.15) is 50.0 Å². The third kappa shape index (κ3) is 3.90. The van der Waals surface area contributed by atoms with Crippen LogP contribution in [0.25, 0.3) is 0 Å². The molecule has 6 nitrogen and oxygen atoms in total. The molecule has 8 heteroatoms. The zero-order valence-corrected chi connectivity index (χ0v) is 16.1. The van der Waals surface area contributed by atoms with E-state index in [0.717, 1.165) is 32.0 Å². The second-order valence-corrected chi connectivity index (χ2v) is 8.24. The molecule has 1 spiro atoms. The van der Waals surface area contributed by atoms with Crippen LogP contribution in [0.5, 0.6) is 0 Å². The van der Waals surface area contributed by atoms with Crippen molar-refractivity contribution in [1.82, 2.24) is 5.32 Å². The van der Waals surface area contributed by atoms with Crippen molar-refractivity contribution in [2.75, 3.05) is 24.6 Å². The fourth-order valence-corrected chi connectivity index (χ4v) is 4.62. The molecule has 4 rings (SSSR count). The number of aldehydes is 1. The predicted molar refractivity (Wildman–Crippen MR) is 100 cm³/mol. The van der Waals surface area contributed by atoms with Gasteiger partial charge in [-0.25, -0.2) is 8.78 Å². The molecular formula is C21H24F2N2O4. The number of amides is 2. The van der Waals surface area contributed by atoms with Crippen molar-refractivity contribution in [1.29, 1.82) is 0 Å².